The Kier molecular flexibility index (Phi) is 4.49. The number of nitrogens with zero attached hydrogens (tertiary/aromatic N) is 2. The number of hydrogen-bond donors (Lipinski definition) is 2. The molecule has 1 aliphatic rings. The van der Waals surface area contributed by atoms with E-state index in [0.29, 0.717) is 32.0 Å². The van der Waals surface area contributed by atoms with Gasteiger partial charge in [0.05, 0.1) is 0 Å². The standard InChI is InChI=1S/C12H15BrN4O2/c1-8-6-10(15-7-9(8)13)16-11(18)12(19)17-4-2-14-3-5-17/h6-7,14H,2-5H2,1H3,(H,15,16,18). The van der Waals surface area contributed by atoms with Crippen molar-refractivity contribution in [2.24, 2.45) is 0 Å². The number of anilines is 1. The number of nitrogens with one attached hydrogen (secondary N) is 2. The number of carbonyl (C=O) groups is 2. The number of hydrogen-bond acceptors (Lipinski definition) is 4. The SMILES string of the molecule is Cc1cc(NC(=O)C(=O)N2CCNCC2)ncc1Br. The molecule has 0 saturated carbocycles. The second kappa shape index (κ2) is 6.12. The van der Waals surface area contributed by atoms with Crippen molar-refractivity contribution in [3.63, 3.8) is 0 Å². The molecule has 1 fully saturated rings. The Bertz CT molecular complexity index is 501. The molecule has 1 aliphatic heterocycles. The molecule has 0 spiro atoms. The molecule has 7 heteroatoms. The summed E-state index contributed by atoms with van der Waals surface area (Å²) >= 11 is 3.33. The molecule has 19 heavy (non-hydrogen) atoms. The van der Waals surface area contributed by atoms with Gasteiger partial charge < -0.3 is 15.5 Å². The van der Waals surface area contributed by atoms with Gasteiger partial charge in [0.25, 0.3) is 0 Å². The van der Waals surface area contributed by atoms with Gasteiger partial charge >= 0.3 is 11.8 Å². The van der Waals surface area contributed by atoms with Gasteiger partial charge in [0.2, 0.25) is 0 Å². The minimum atomic E-state index is -0.642. The lowest BCUT2D eigenvalue weighted by Gasteiger charge is -2.26. The summed E-state index contributed by atoms with van der Waals surface area (Å²) in [6.45, 7) is 4.43. The predicted octanol–water partition coefficient (Wildman–Crippen LogP) is 0.523. The van der Waals surface area contributed by atoms with Gasteiger partial charge in [-0.25, -0.2) is 4.98 Å². The van der Waals surface area contributed by atoms with Crippen LogP contribution in [0.4, 0.5) is 5.82 Å². The first kappa shape index (κ1) is 14.0. The summed E-state index contributed by atoms with van der Waals surface area (Å²) in [5.41, 5.74) is 0.944. The lowest BCUT2D eigenvalue weighted by atomic mass is 10.3. The van der Waals surface area contributed by atoms with Crippen molar-refractivity contribution in [1.82, 2.24) is 15.2 Å². The first-order valence-electron chi connectivity index (χ1n) is 6.01. The Balaban J connectivity index is 1.99. The monoisotopic (exact) mass is 326 g/mol. The van der Waals surface area contributed by atoms with Crippen molar-refractivity contribution < 1.29 is 9.59 Å². The van der Waals surface area contributed by atoms with Gasteiger partial charge in [0.1, 0.15) is 5.82 Å². The highest BCUT2D eigenvalue weighted by molar-refractivity contribution is 9.10. The maximum Gasteiger partial charge on any atom is 0.315 e. The third kappa shape index (κ3) is 3.51. The zero-order valence-corrected chi connectivity index (χ0v) is 12.2. The maximum atomic E-state index is 11.9. The number of piperazine rings is 1. The molecule has 0 bridgehead atoms. The molecule has 1 saturated heterocycles. The van der Waals surface area contributed by atoms with Crippen molar-refractivity contribution in [2.45, 2.75) is 6.92 Å². The van der Waals surface area contributed by atoms with Crippen LogP contribution in [0.1, 0.15) is 5.56 Å². The van der Waals surface area contributed by atoms with Crippen LogP contribution in [0.5, 0.6) is 0 Å². The van der Waals surface area contributed by atoms with Crippen LogP contribution >= 0.6 is 15.9 Å². The van der Waals surface area contributed by atoms with Crippen LogP contribution in [0, 0.1) is 6.92 Å². The summed E-state index contributed by atoms with van der Waals surface area (Å²) < 4.78 is 0.860. The van der Waals surface area contributed by atoms with Crippen LogP contribution in [0.3, 0.4) is 0 Å². The molecule has 0 aliphatic carbocycles. The summed E-state index contributed by atoms with van der Waals surface area (Å²) in [6.07, 6.45) is 1.60. The quantitative estimate of drug-likeness (QED) is 0.738. The van der Waals surface area contributed by atoms with Crippen LogP contribution < -0.4 is 10.6 Å². The summed E-state index contributed by atoms with van der Waals surface area (Å²) in [6, 6.07) is 1.72. The number of aromatic nitrogens is 1. The highest BCUT2D eigenvalue weighted by Gasteiger charge is 2.23. The van der Waals surface area contributed by atoms with Gasteiger partial charge in [0.15, 0.2) is 0 Å². The van der Waals surface area contributed by atoms with Gasteiger partial charge in [-0.05, 0) is 34.5 Å². The Hall–Kier alpha value is -1.47. The average Bonchev–Trinajstić information content (AvgIpc) is 2.43. The van der Waals surface area contributed by atoms with E-state index in [1.165, 1.54) is 4.90 Å². The average molecular weight is 327 g/mol. The second-order valence-corrected chi connectivity index (χ2v) is 5.17. The zero-order chi connectivity index (χ0) is 13.8. The minimum Gasteiger partial charge on any atom is -0.332 e. The minimum absolute atomic E-state index is 0.384. The van der Waals surface area contributed by atoms with Gasteiger partial charge in [-0.1, -0.05) is 0 Å². The summed E-state index contributed by atoms with van der Waals surface area (Å²) in [7, 11) is 0. The maximum absolute atomic E-state index is 11.9. The lowest BCUT2D eigenvalue weighted by molar-refractivity contribution is -0.143. The number of carbonyl (C=O) groups excluding carboxylic acids is 2. The van der Waals surface area contributed by atoms with Gasteiger partial charge in [-0.15, -0.1) is 0 Å². The number of rotatable bonds is 1. The van der Waals surface area contributed by atoms with Crippen LogP contribution in [-0.2, 0) is 9.59 Å². The third-order valence-corrected chi connectivity index (χ3v) is 3.72. The smallest absolute Gasteiger partial charge is 0.315 e. The van der Waals surface area contributed by atoms with E-state index in [4.69, 9.17) is 0 Å². The molecule has 0 aromatic carbocycles. The molecule has 2 rings (SSSR count). The van der Waals surface area contributed by atoms with E-state index in [0.717, 1.165) is 10.0 Å². The van der Waals surface area contributed by atoms with Gasteiger partial charge in [-0.3, -0.25) is 9.59 Å². The predicted molar refractivity (Wildman–Crippen MR) is 74.8 cm³/mol. The van der Waals surface area contributed by atoms with E-state index in [9.17, 15) is 9.59 Å². The number of amides is 2. The van der Waals surface area contributed by atoms with Crippen LogP contribution in [0.15, 0.2) is 16.7 Å². The Labute approximate surface area is 119 Å². The number of halogens is 1. The highest BCUT2D eigenvalue weighted by Crippen LogP contribution is 2.17. The molecule has 1 aromatic rings. The lowest BCUT2D eigenvalue weighted by Crippen LogP contribution is -2.49. The van der Waals surface area contributed by atoms with Crippen molar-refractivity contribution in [1.29, 1.82) is 0 Å². The fraction of sp³-hybridized carbons (Fsp3) is 0.417. The molecule has 6 nitrogen and oxygen atoms in total. The fourth-order valence-corrected chi connectivity index (χ4v) is 2.01. The summed E-state index contributed by atoms with van der Waals surface area (Å²) in [5.74, 6) is -0.769. The highest BCUT2D eigenvalue weighted by atomic mass is 79.9. The first-order chi connectivity index (χ1) is 9.08. The van der Waals surface area contributed by atoms with Crippen molar-refractivity contribution in [2.75, 3.05) is 31.5 Å². The van der Waals surface area contributed by atoms with Gasteiger partial charge in [0, 0.05) is 36.8 Å². The normalized spacial score (nSPS) is 15.2. The largest absolute Gasteiger partial charge is 0.332 e. The summed E-state index contributed by atoms with van der Waals surface area (Å²) in [4.78, 5) is 29.3. The Morgan fingerprint density at radius 1 is 1.42 bits per heavy atom. The van der Waals surface area contributed by atoms with E-state index in [-0.39, 0.29) is 0 Å². The van der Waals surface area contributed by atoms with E-state index in [1.807, 2.05) is 6.92 Å². The molecular weight excluding hydrogens is 312 g/mol. The molecule has 1 aromatic heterocycles. The van der Waals surface area contributed by atoms with Crippen LogP contribution in [-0.4, -0.2) is 47.9 Å². The Morgan fingerprint density at radius 3 is 2.74 bits per heavy atom. The summed E-state index contributed by atoms with van der Waals surface area (Å²) in [5, 5.41) is 5.65. The number of pyridine rings is 1. The van der Waals surface area contributed by atoms with E-state index < -0.39 is 11.8 Å². The van der Waals surface area contributed by atoms with Crippen molar-refractivity contribution in [3.05, 3.63) is 22.3 Å². The molecule has 0 radical (unpaired) electrons. The molecular formula is C12H15BrN4O2. The number of aryl methyl sites for hydroxylation is 1. The molecule has 2 heterocycles. The van der Waals surface area contributed by atoms with Gasteiger partial charge in [-0.2, -0.15) is 0 Å². The van der Waals surface area contributed by atoms with E-state index in [2.05, 4.69) is 31.5 Å². The van der Waals surface area contributed by atoms with Crippen LogP contribution in [0.2, 0.25) is 0 Å². The second-order valence-electron chi connectivity index (χ2n) is 4.32. The fourth-order valence-electron chi connectivity index (χ4n) is 1.79. The first-order valence-corrected chi connectivity index (χ1v) is 6.80. The Morgan fingerprint density at radius 2 is 2.11 bits per heavy atom. The molecule has 0 unspecified atom stereocenters. The zero-order valence-electron chi connectivity index (χ0n) is 10.6. The van der Waals surface area contributed by atoms with Crippen molar-refractivity contribution >= 4 is 33.6 Å². The van der Waals surface area contributed by atoms with E-state index in [1.54, 1.807) is 12.3 Å². The topological polar surface area (TPSA) is 74.3 Å². The molecule has 2 N–H and O–H groups in total. The van der Waals surface area contributed by atoms with Crippen molar-refractivity contribution in [3.8, 4) is 0 Å². The third-order valence-electron chi connectivity index (χ3n) is 2.89. The van der Waals surface area contributed by atoms with E-state index >= 15 is 0 Å². The molecule has 2 amide bonds. The molecule has 102 valence electrons. The molecule has 0 atom stereocenters. The van der Waals surface area contributed by atoms with Crippen LogP contribution in [0.25, 0.3) is 0 Å².